The molecule has 0 aliphatic rings. The number of carbonyl (C=O) groups is 1. The molecule has 0 heterocycles. The molecular weight excluding hydrogens is 336 g/mol. The highest BCUT2D eigenvalue weighted by Crippen LogP contribution is 2.19. The van der Waals surface area contributed by atoms with E-state index in [-0.39, 0.29) is 11.7 Å². The van der Waals surface area contributed by atoms with Crippen molar-refractivity contribution in [1.82, 2.24) is 0 Å². The first-order valence-corrected chi connectivity index (χ1v) is 9.96. The van der Waals surface area contributed by atoms with Crippen LogP contribution in [0.4, 0.5) is 11.4 Å². The minimum Gasteiger partial charge on any atom is -0.322 e. The van der Waals surface area contributed by atoms with Crippen molar-refractivity contribution in [1.29, 1.82) is 0 Å². The lowest BCUT2D eigenvalue weighted by Crippen LogP contribution is -2.17. The summed E-state index contributed by atoms with van der Waals surface area (Å²) < 4.78 is 26.3. The molecule has 0 unspecified atom stereocenters. The number of sulfonamides is 1. The van der Waals surface area contributed by atoms with Crippen LogP contribution in [0, 0.1) is 13.8 Å². The van der Waals surface area contributed by atoms with E-state index in [0.717, 1.165) is 23.2 Å². The van der Waals surface area contributed by atoms with Gasteiger partial charge in [-0.05, 0) is 61.7 Å². The van der Waals surface area contributed by atoms with Crippen molar-refractivity contribution in [2.24, 2.45) is 0 Å². The minimum absolute atomic E-state index is 0.0956. The predicted octanol–water partition coefficient (Wildman–Crippen LogP) is 4.10. The molecule has 0 aromatic heterocycles. The SMILES string of the molecule is CCCCS(=O)(=O)Nc1ccc(C(=O)Nc2cccc(C)c2C)cc1. The summed E-state index contributed by atoms with van der Waals surface area (Å²) >= 11 is 0. The summed E-state index contributed by atoms with van der Waals surface area (Å²) in [5, 5.41) is 2.89. The Hall–Kier alpha value is -2.34. The van der Waals surface area contributed by atoms with Crippen LogP contribution >= 0.6 is 0 Å². The van der Waals surface area contributed by atoms with Gasteiger partial charge in [0.25, 0.3) is 5.91 Å². The number of hydrogen-bond donors (Lipinski definition) is 2. The number of amides is 1. The summed E-state index contributed by atoms with van der Waals surface area (Å²) in [6.45, 7) is 5.89. The molecule has 0 fully saturated rings. The Morgan fingerprint density at radius 2 is 1.72 bits per heavy atom. The number of carbonyl (C=O) groups excluding carboxylic acids is 1. The van der Waals surface area contributed by atoms with Gasteiger partial charge in [-0.3, -0.25) is 9.52 Å². The molecule has 1 amide bonds. The first-order chi connectivity index (χ1) is 11.8. The molecule has 2 rings (SSSR count). The first-order valence-electron chi connectivity index (χ1n) is 8.30. The molecule has 6 heteroatoms. The van der Waals surface area contributed by atoms with Gasteiger partial charge in [0.2, 0.25) is 10.0 Å². The molecule has 25 heavy (non-hydrogen) atoms. The number of aryl methyl sites for hydroxylation is 1. The molecule has 0 saturated carbocycles. The van der Waals surface area contributed by atoms with Crippen LogP contribution in [0.1, 0.15) is 41.3 Å². The number of anilines is 2. The number of nitrogens with one attached hydrogen (secondary N) is 2. The van der Waals surface area contributed by atoms with E-state index < -0.39 is 10.0 Å². The summed E-state index contributed by atoms with van der Waals surface area (Å²) in [4.78, 5) is 12.4. The Bertz CT molecular complexity index is 843. The van der Waals surface area contributed by atoms with Crippen molar-refractivity contribution in [3.63, 3.8) is 0 Å². The van der Waals surface area contributed by atoms with E-state index in [0.29, 0.717) is 17.7 Å². The highest BCUT2D eigenvalue weighted by atomic mass is 32.2. The third-order valence-corrected chi connectivity index (χ3v) is 5.41. The van der Waals surface area contributed by atoms with Gasteiger partial charge in [-0.1, -0.05) is 25.5 Å². The van der Waals surface area contributed by atoms with Gasteiger partial charge in [-0.25, -0.2) is 8.42 Å². The highest BCUT2D eigenvalue weighted by Gasteiger charge is 2.11. The fourth-order valence-corrected chi connectivity index (χ4v) is 3.60. The first kappa shape index (κ1) is 19.0. The molecule has 2 aromatic carbocycles. The van der Waals surface area contributed by atoms with Gasteiger partial charge in [0.1, 0.15) is 0 Å². The number of rotatable bonds is 7. The Morgan fingerprint density at radius 3 is 2.36 bits per heavy atom. The smallest absolute Gasteiger partial charge is 0.255 e. The van der Waals surface area contributed by atoms with E-state index >= 15 is 0 Å². The van der Waals surface area contributed by atoms with Crippen LogP contribution in [0.15, 0.2) is 42.5 Å². The maximum atomic E-state index is 12.4. The minimum atomic E-state index is -3.34. The van der Waals surface area contributed by atoms with E-state index in [2.05, 4.69) is 10.0 Å². The van der Waals surface area contributed by atoms with Crippen LogP contribution in [0.2, 0.25) is 0 Å². The summed E-state index contributed by atoms with van der Waals surface area (Å²) in [5.41, 5.74) is 3.83. The van der Waals surface area contributed by atoms with Gasteiger partial charge in [0.15, 0.2) is 0 Å². The standard InChI is InChI=1S/C19H24N2O3S/c1-4-5-13-25(23,24)21-17-11-9-16(10-12-17)19(22)20-18-8-6-7-14(2)15(18)3/h6-12,21H,4-5,13H2,1-3H3,(H,20,22). The third-order valence-electron chi connectivity index (χ3n) is 4.04. The molecule has 5 nitrogen and oxygen atoms in total. The molecule has 2 aromatic rings. The van der Waals surface area contributed by atoms with E-state index in [1.807, 2.05) is 39.0 Å². The molecule has 0 bridgehead atoms. The lowest BCUT2D eigenvalue weighted by Gasteiger charge is -2.11. The Labute approximate surface area is 149 Å². The van der Waals surface area contributed by atoms with Gasteiger partial charge in [0, 0.05) is 16.9 Å². The Balaban J connectivity index is 2.06. The zero-order valence-corrected chi connectivity index (χ0v) is 15.6. The van der Waals surface area contributed by atoms with Crippen LogP contribution in [-0.2, 0) is 10.0 Å². The third kappa shape index (κ3) is 5.32. The van der Waals surface area contributed by atoms with Gasteiger partial charge in [-0.2, -0.15) is 0 Å². The monoisotopic (exact) mass is 360 g/mol. The molecule has 134 valence electrons. The fraction of sp³-hybridized carbons (Fsp3) is 0.316. The number of unbranched alkanes of at least 4 members (excludes halogenated alkanes) is 1. The average molecular weight is 360 g/mol. The van der Waals surface area contributed by atoms with Gasteiger partial charge in [-0.15, -0.1) is 0 Å². The maximum Gasteiger partial charge on any atom is 0.255 e. The quantitative estimate of drug-likeness (QED) is 0.780. The molecule has 0 saturated heterocycles. The van der Waals surface area contributed by atoms with Crippen LogP contribution in [0.25, 0.3) is 0 Å². The number of benzene rings is 2. The molecule has 0 aliphatic carbocycles. The van der Waals surface area contributed by atoms with E-state index in [4.69, 9.17) is 0 Å². The summed E-state index contributed by atoms with van der Waals surface area (Å²) in [7, 11) is -3.34. The normalized spacial score (nSPS) is 11.2. The number of hydrogen-bond acceptors (Lipinski definition) is 3. The van der Waals surface area contributed by atoms with E-state index in [9.17, 15) is 13.2 Å². The van der Waals surface area contributed by atoms with Crippen molar-refractivity contribution in [3.05, 3.63) is 59.2 Å². The van der Waals surface area contributed by atoms with E-state index in [1.165, 1.54) is 0 Å². The Kier molecular flexibility index (Phi) is 6.20. The van der Waals surface area contributed by atoms with Crippen LogP contribution in [-0.4, -0.2) is 20.1 Å². The topological polar surface area (TPSA) is 75.3 Å². The fourth-order valence-electron chi connectivity index (χ4n) is 2.34. The van der Waals surface area contributed by atoms with Gasteiger partial charge in [0.05, 0.1) is 5.75 Å². The van der Waals surface area contributed by atoms with Crippen molar-refractivity contribution >= 4 is 27.3 Å². The second-order valence-electron chi connectivity index (χ2n) is 6.05. The molecular formula is C19H24N2O3S. The zero-order chi connectivity index (χ0) is 18.4. The molecule has 0 atom stereocenters. The van der Waals surface area contributed by atoms with Gasteiger partial charge >= 0.3 is 0 Å². The Morgan fingerprint density at radius 1 is 1.04 bits per heavy atom. The average Bonchev–Trinajstić information content (AvgIpc) is 2.57. The lowest BCUT2D eigenvalue weighted by molar-refractivity contribution is 0.102. The van der Waals surface area contributed by atoms with Crippen LogP contribution < -0.4 is 10.0 Å². The summed E-state index contributed by atoms with van der Waals surface area (Å²) in [5.74, 6) is -0.132. The molecule has 2 N–H and O–H groups in total. The molecule has 0 spiro atoms. The van der Waals surface area contributed by atoms with Gasteiger partial charge < -0.3 is 5.32 Å². The largest absolute Gasteiger partial charge is 0.322 e. The molecule has 0 radical (unpaired) electrons. The van der Waals surface area contributed by atoms with Crippen LogP contribution in [0.3, 0.4) is 0 Å². The maximum absolute atomic E-state index is 12.4. The molecule has 0 aliphatic heterocycles. The summed E-state index contributed by atoms with van der Waals surface area (Å²) in [6.07, 6.45) is 1.43. The van der Waals surface area contributed by atoms with E-state index in [1.54, 1.807) is 24.3 Å². The van der Waals surface area contributed by atoms with Crippen molar-refractivity contribution in [2.75, 3.05) is 15.8 Å². The second kappa shape index (κ2) is 8.16. The van der Waals surface area contributed by atoms with Crippen molar-refractivity contribution in [2.45, 2.75) is 33.6 Å². The lowest BCUT2D eigenvalue weighted by atomic mass is 10.1. The summed E-state index contributed by atoms with van der Waals surface area (Å²) in [6, 6.07) is 12.2. The highest BCUT2D eigenvalue weighted by molar-refractivity contribution is 7.92. The van der Waals surface area contributed by atoms with Crippen molar-refractivity contribution < 1.29 is 13.2 Å². The zero-order valence-electron chi connectivity index (χ0n) is 14.8. The van der Waals surface area contributed by atoms with Crippen LogP contribution in [0.5, 0.6) is 0 Å². The second-order valence-corrected chi connectivity index (χ2v) is 7.90. The predicted molar refractivity (Wildman–Crippen MR) is 103 cm³/mol. The van der Waals surface area contributed by atoms with Crippen molar-refractivity contribution in [3.8, 4) is 0 Å².